The van der Waals surface area contributed by atoms with Crippen molar-refractivity contribution in [2.45, 2.75) is 25.0 Å². The highest BCUT2D eigenvalue weighted by atomic mass is 32.2. The Kier molecular flexibility index (Phi) is 6.83. The lowest BCUT2D eigenvalue weighted by molar-refractivity contribution is -0.115. The first-order chi connectivity index (χ1) is 9.19. The highest BCUT2D eigenvalue weighted by molar-refractivity contribution is 8.00. The van der Waals surface area contributed by atoms with Crippen molar-refractivity contribution < 1.29 is 9.53 Å². The van der Waals surface area contributed by atoms with E-state index in [0.29, 0.717) is 17.9 Å². The topological polar surface area (TPSA) is 62.1 Å². The quantitative estimate of drug-likeness (QED) is 0.779. The molecule has 0 aliphatic rings. The molecular weight excluding hydrogens is 260 g/mol. The van der Waals surface area contributed by atoms with Gasteiger partial charge in [-0.25, -0.2) is 0 Å². The number of nitrogens with zero attached hydrogens (tertiary/aromatic N) is 1. The molecule has 0 radical (unpaired) electrons. The van der Waals surface area contributed by atoms with E-state index in [1.54, 1.807) is 24.9 Å². The molecule has 102 valence electrons. The van der Waals surface area contributed by atoms with Crippen LogP contribution in [-0.4, -0.2) is 24.0 Å². The van der Waals surface area contributed by atoms with Gasteiger partial charge in [-0.15, -0.1) is 11.8 Å². The number of hydrogen-bond acceptors (Lipinski definition) is 4. The zero-order chi connectivity index (χ0) is 14.1. The Bertz CT molecular complexity index is 457. The average molecular weight is 278 g/mol. The molecule has 1 rings (SSSR count). The van der Waals surface area contributed by atoms with Crippen LogP contribution in [0, 0.1) is 11.3 Å². The van der Waals surface area contributed by atoms with Gasteiger partial charge in [-0.1, -0.05) is 12.1 Å². The summed E-state index contributed by atoms with van der Waals surface area (Å²) in [5, 5.41) is 11.1. The molecule has 1 unspecified atom stereocenters. The van der Waals surface area contributed by atoms with Gasteiger partial charge in [-0.3, -0.25) is 4.79 Å². The van der Waals surface area contributed by atoms with Crippen molar-refractivity contribution in [3.63, 3.8) is 0 Å². The van der Waals surface area contributed by atoms with Gasteiger partial charge in [0, 0.05) is 6.42 Å². The van der Waals surface area contributed by atoms with Crippen molar-refractivity contribution in [2.75, 3.05) is 18.2 Å². The minimum Gasteiger partial charge on any atom is -0.495 e. The molecule has 1 amide bonds. The zero-order valence-electron chi connectivity index (χ0n) is 11.2. The van der Waals surface area contributed by atoms with Crippen LogP contribution in [0.15, 0.2) is 24.3 Å². The van der Waals surface area contributed by atoms with Crippen LogP contribution in [0.1, 0.15) is 19.8 Å². The number of hydrogen-bond donors (Lipinski definition) is 1. The number of para-hydroxylation sites is 2. The molecule has 1 atom stereocenters. The Labute approximate surface area is 118 Å². The van der Waals surface area contributed by atoms with Crippen molar-refractivity contribution in [3.8, 4) is 11.8 Å². The van der Waals surface area contributed by atoms with Crippen LogP contribution in [0.5, 0.6) is 5.75 Å². The molecule has 0 aromatic heterocycles. The van der Waals surface area contributed by atoms with E-state index in [1.807, 2.05) is 25.1 Å². The highest BCUT2D eigenvalue weighted by Crippen LogP contribution is 2.24. The number of nitriles is 1. The summed E-state index contributed by atoms with van der Waals surface area (Å²) in [5.74, 6) is 1.41. The van der Waals surface area contributed by atoms with Crippen LogP contribution in [0.25, 0.3) is 0 Å². The van der Waals surface area contributed by atoms with E-state index >= 15 is 0 Å². The predicted octanol–water partition coefficient (Wildman–Crippen LogP) is 3.06. The van der Waals surface area contributed by atoms with Gasteiger partial charge in [0.15, 0.2) is 0 Å². The SMILES string of the molecule is COc1ccccc1NC(=O)C(C)SCCCC#N. The maximum Gasteiger partial charge on any atom is 0.237 e. The van der Waals surface area contributed by atoms with Gasteiger partial charge in [0.1, 0.15) is 5.75 Å². The summed E-state index contributed by atoms with van der Waals surface area (Å²) in [6.45, 7) is 1.86. The second-order valence-electron chi connectivity index (χ2n) is 3.96. The van der Waals surface area contributed by atoms with Crippen LogP contribution < -0.4 is 10.1 Å². The van der Waals surface area contributed by atoms with Gasteiger partial charge in [0.25, 0.3) is 0 Å². The summed E-state index contributed by atoms with van der Waals surface area (Å²) in [5.41, 5.74) is 0.680. The number of methoxy groups -OCH3 is 1. The summed E-state index contributed by atoms with van der Waals surface area (Å²) in [6.07, 6.45) is 1.35. The monoisotopic (exact) mass is 278 g/mol. The van der Waals surface area contributed by atoms with Crippen molar-refractivity contribution in [3.05, 3.63) is 24.3 Å². The van der Waals surface area contributed by atoms with Gasteiger partial charge in [-0.2, -0.15) is 5.26 Å². The normalized spacial score (nSPS) is 11.4. The second kappa shape index (κ2) is 8.44. The summed E-state index contributed by atoms with van der Waals surface area (Å²) in [7, 11) is 1.57. The van der Waals surface area contributed by atoms with Crippen molar-refractivity contribution >= 4 is 23.4 Å². The van der Waals surface area contributed by atoms with Gasteiger partial charge >= 0.3 is 0 Å². The van der Waals surface area contributed by atoms with E-state index in [1.165, 1.54) is 0 Å². The Hall–Kier alpha value is -1.67. The number of unbranched alkanes of at least 4 members (excludes halogenated alkanes) is 1. The largest absolute Gasteiger partial charge is 0.495 e. The summed E-state index contributed by atoms with van der Waals surface area (Å²) >= 11 is 1.55. The molecule has 0 fully saturated rings. The minimum atomic E-state index is -0.149. The Morgan fingerprint density at radius 3 is 2.95 bits per heavy atom. The molecule has 19 heavy (non-hydrogen) atoms. The van der Waals surface area contributed by atoms with E-state index in [4.69, 9.17) is 10.00 Å². The summed E-state index contributed by atoms with van der Waals surface area (Å²) in [6, 6.07) is 9.42. The fourth-order valence-electron chi connectivity index (χ4n) is 1.47. The molecule has 0 spiro atoms. The van der Waals surface area contributed by atoms with Gasteiger partial charge in [0.05, 0.1) is 24.1 Å². The average Bonchev–Trinajstić information content (AvgIpc) is 2.44. The Morgan fingerprint density at radius 1 is 1.53 bits per heavy atom. The molecule has 5 heteroatoms. The van der Waals surface area contributed by atoms with E-state index in [0.717, 1.165) is 12.2 Å². The number of rotatable bonds is 7. The highest BCUT2D eigenvalue weighted by Gasteiger charge is 2.14. The smallest absolute Gasteiger partial charge is 0.237 e. The lowest BCUT2D eigenvalue weighted by Crippen LogP contribution is -2.23. The van der Waals surface area contributed by atoms with E-state index < -0.39 is 0 Å². The number of ether oxygens (including phenoxy) is 1. The first-order valence-electron chi connectivity index (χ1n) is 6.11. The number of carbonyl (C=O) groups is 1. The van der Waals surface area contributed by atoms with Crippen molar-refractivity contribution in [2.24, 2.45) is 0 Å². The Morgan fingerprint density at radius 2 is 2.26 bits per heavy atom. The second-order valence-corrected chi connectivity index (χ2v) is 5.41. The number of thioether (sulfide) groups is 1. The van der Waals surface area contributed by atoms with Gasteiger partial charge in [-0.05, 0) is 31.2 Å². The molecule has 0 heterocycles. The van der Waals surface area contributed by atoms with Crippen molar-refractivity contribution in [1.29, 1.82) is 5.26 Å². The fourth-order valence-corrected chi connectivity index (χ4v) is 2.34. The predicted molar refractivity (Wildman–Crippen MR) is 78.4 cm³/mol. The molecule has 1 aromatic rings. The van der Waals surface area contributed by atoms with Crippen LogP contribution >= 0.6 is 11.8 Å². The fraction of sp³-hybridized carbons (Fsp3) is 0.429. The number of carbonyl (C=O) groups excluding carboxylic acids is 1. The van der Waals surface area contributed by atoms with E-state index in [2.05, 4.69) is 11.4 Å². The standard InChI is InChI=1S/C14H18N2O2S/c1-11(19-10-6-5-9-15)14(17)16-12-7-3-4-8-13(12)18-2/h3-4,7-8,11H,5-6,10H2,1-2H3,(H,16,17). The first kappa shape index (κ1) is 15.4. The van der Waals surface area contributed by atoms with Crippen LogP contribution in [0.4, 0.5) is 5.69 Å². The third kappa shape index (κ3) is 5.23. The third-order valence-electron chi connectivity index (χ3n) is 2.53. The molecular formula is C14H18N2O2S. The maximum absolute atomic E-state index is 12.0. The number of nitrogens with one attached hydrogen (secondary N) is 1. The van der Waals surface area contributed by atoms with E-state index in [9.17, 15) is 4.79 Å². The van der Waals surface area contributed by atoms with Crippen molar-refractivity contribution in [1.82, 2.24) is 0 Å². The molecule has 0 bridgehead atoms. The number of anilines is 1. The molecule has 1 N–H and O–H groups in total. The van der Waals surface area contributed by atoms with Crippen LogP contribution in [0.3, 0.4) is 0 Å². The molecule has 4 nitrogen and oxygen atoms in total. The van der Waals surface area contributed by atoms with Gasteiger partial charge < -0.3 is 10.1 Å². The third-order valence-corrected chi connectivity index (χ3v) is 3.77. The maximum atomic E-state index is 12.0. The zero-order valence-corrected chi connectivity index (χ0v) is 12.0. The minimum absolute atomic E-state index is 0.0496. The summed E-state index contributed by atoms with van der Waals surface area (Å²) < 4.78 is 5.18. The molecule has 0 saturated heterocycles. The van der Waals surface area contributed by atoms with Crippen LogP contribution in [0.2, 0.25) is 0 Å². The lowest BCUT2D eigenvalue weighted by Gasteiger charge is -2.13. The Balaban J connectivity index is 2.47. The first-order valence-corrected chi connectivity index (χ1v) is 7.16. The molecule has 0 aliphatic carbocycles. The molecule has 1 aromatic carbocycles. The molecule has 0 aliphatic heterocycles. The number of amides is 1. The van der Waals surface area contributed by atoms with Gasteiger partial charge in [0.2, 0.25) is 5.91 Å². The number of benzene rings is 1. The summed E-state index contributed by atoms with van der Waals surface area (Å²) in [4.78, 5) is 12.0. The van der Waals surface area contributed by atoms with Crippen LogP contribution in [-0.2, 0) is 4.79 Å². The van der Waals surface area contributed by atoms with E-state index in [-0.39, 0.29) is 11.2 Å². The lowest BCUT2D eigenvalue weighted by atomic mass is 10.3. The molecule has 0 saturated carbocycles.